The molecule has 2 unspecified atom stereocenters. The zero-order valence-electron chi connectivity index (χ0n) is 16.3. The normalized spacial score (nSPS) is 23.6. The van der Waals surface area contributed by atoms with Crippen molar-refractivity contribution in [3.05, 3.63) is 42.1 Å². The topological polar surface area (TPSA) is 48.1 Å². The maximum Gasteiger partial charge on any atom is 0.228 e. The van der Waals surface area contributed by atoms with Gasteiger partial charge in [0.2, 0.25) is 5.91 Å². The molecule has 1 aromatic heterocycles. The van der Waals surface area contributed by atoms with Gasteiger partial charge in [-0.1, -0.05) is 25.5 Å². The van der Waals surface area contributed by atoms with Crippen LogP contribution in [0.25, 0.3) is 10.9 Å². The zero-order chi connectivity index (χ0) is 18.6. The first-order chi connectivity index (χ1) is 13.2. The van der Waals surface area contributed by atoms with E-state index in [1.807, 2.05) is 18.2 Å². The van der Waals surface area contributed by atoms with Crippen LogP contribution in [-0.2, 0) is 4.79 Å². The number of aromatic amines is 1. The summed E-state index contributed by atoms with van der Waals surface area (Å²) in [5.41, 5.74) is 3.49. The molecule has 144 valence electrons. The van der Waals surface area contributed by atoms with Crippen LogP contribution in [0.4, 0.5) is 5.69 Å². The van der Waals surface area contributed by atoms with Crippen LogP contribution >= 0.6 is 0 Å². The molecule has 2 N–H and O–H groups in total. The molecule has 0 spiro atoms. The highest BCUT2D eigenvalue weighted by atomic mass is 16.1. The molecule has 4 nitrogen and oxygen atoms in total. The molecule has 0 radical (unpaired) electrons. The fourth-order valence-corrected chi connectivity index (χ4v) is 4.80. The first kappa shape index (κ1) is 18.3. The lowest BCUT2D eigenvalue weighted by Gasteiger charge is -2.42. The lowest BCUT2D eigenvalue weighted by atomic mass is 9.82. The van der Waals surface area contributed by atoms with Gasteiger partial charge in [0.15, 0.2) is 0 Å². The first-order valence-electron chi connectivity index (χ1n) is 10.5. The van der Waals surface area contributed by atoms with Crippen molar-refractivity contribution in [2.45, 2.75) is 63.8 Å². The number of anilines is 1. The van der Waals surface area contributed by atoms with E-state index in [2.05, 4.69) is 40.5 Å². The number of carbonyl (C=O) groups is 1. The van der Waals surface area contributed by atoms with E-state index >= 15 is 0 Å². The summed E-state index contributed by atoms with van der Waals surface area (Å²) >= 11 is 0. The highest BCUT2D eigenvalue weighted by molar-refractivity contribution is 5.95. The first-order valence-corrected chi connectivity index (χ1v) is 10.5. The van der Waals surface area contributed by atoms with Crippen molar-refractivity contribution in [2.24, 2.45) is 0 Å². The largest absolute Gasteiger partial charge is 0.361 e. The van der Waals surface area contributed by atoms with Crippen LogP contribution < -0.4 is 5.32 Å². The summed E-state index contributed by atoms with van der Waals surface area (Å²) in [6.07, 6.45) is 14.2. The van der Waals surface area contributed by atoms with E-state index in [1.165, 1.54) is 61.7 Å². The summed E-state index contributed by atoms with van der Waals surface area (Å²) in [7, 11) is 0. The number of hydrogen-bond donors (Lipinski definition) is 2. The number of amides is 1. The number of rotatable bonds is 5. The van der Waals surface area contributed by atoms with Crippen LogP contribution in [0.2, 0.25) is 0 Å². The number of H-pyrrole nitrogens is 1. The van der Waals surface area contributed by atoms with Gasteiger partial charge in [0, 0.05) is 35.2 Å². The van der Waals surface area contributed by atoms with Crippen molar-refractivity contribution in [3.8, 4) is 0 Å². The Labute approximate surface area is 162 Å². The third-order valence-electron chi connectivity index (χ3n) is 6.21. The number of aromatic nitrogens is 1. The molecular formula is C23H31N3O. The maximum absolute atomic E-state index is 12.1. The predicted octanol–water partition coefficient (Wildman–Crippen LogP) is 5.19. The number of allylic oxidation sites excluding steroid dienone is 1. The molecule has 3 heterocycles. The van der Waals surface area contributed by atoms with E-state index < -0.39 is 0 Å². The maximum atomic E-state index is 12.1. The van der Waals surface area contributed by atoms with Crippen LogP contribution in [-0.4, -0.2) is 34.9 Å². The van der Waals surface area contributed by atoms with E-state index in [0.29, 0.717) is 12.3 Å². The lowest BCUT2D eigenvalue weighted by Crippen LogP contribution is -2.44. The van der Waals surface area contributed by atoms with Crippen molar-refractivity contribution in [1.82, 2.24) is 9.88 Å². The van der Waals surface area contributed by atoms with Gasteiger partial charge in [-0.25, -0.2) is 0 Å². The van der Waals surface area contributed by atoms with Gasteiger partial charge in [0.05, 0.1) is 0 Å². The smallest absolute Gasteiger partial charge is 0.228 e. The van der Waals surface area contributed by atoms with Crippen molar-refractivity contribution in [1.29, 1.82) is 0 Å². The zero-order valence-corrected chi connectivity index (χ0v) is 16.3. The highest BCUT2D eigenvalue weighted by Crippen LogP contribution is 2.38. The number of carbonyl (C=O) groups excluding carboxylic acids is 1. The molecule has 0 saturated carbocycles. The monoisotopic (exact) mass is 365 g/mol. The van der Waals surface area contributed by atoms with Crippen LogP contribution in [0.15, 0.2) is 36.5 Å². The predicted molar refractivity (Wildman–Crippen MR) is 112 cm³/mol. The Bertz CT molecular complexity index is 822. The molecular weight excluding hydrogens is 334 g/mol. The van der Waals surface area contributed by atoms with Gasteiger partial charge < -0.3 is 15.2 Å². The van der Waals surface area contributed by atoms with Crippen molar-refractivity contribution >= 4 is 22.5 Å². The molecule has 2 aromatic rings. The minimum absolute atomic E-state index is 0.0478. The molecule has 4 heteroatoms. The van der Waals surface area contributed by atoms with Gasteiger partial charge in [0.25, 0.3) is 0 Å². The SMILES string of the molecule is CC/C=C/CC(=O)Nc1ccc2[nH]cc(C3CCN4CCCCC4C3)c2c1. The number of nitrogens with one attached hydrogen (secondary N) is 2. The Morgan fingerprint density at radius 1 is 1.26 bits per heavy atom. The van der Waals surface area contributed by atoms with Gasteiger partial charge in [-0.3, -0.25) is 4.79 Å². The van der Waals surface area contributed by atoms with E-state index in [1.54, 1.807) is 0 Å². The minimum atomic E-state index is 0.0478. The number of nitrogens with zero attached hydrogens (tertiary/aromatic N) is 1. The second kappa shape index (κ2) is 8.30. The molecule has 1 amide bonds. The van der Waals surface area contributed by atoms with Crippen molar-refractivity contribution in [3.63, 3.8) is 0 Å². The molecule has 0 aliphatic carbocycles. The molecule has 2 aliphatic rings. The van der Waals surface area contributed by atoms with Gasteiger partial charge in [-0.15, -0.1) is 0 Å². The quantitative estimate of drug-likeness (QED) is 0.716. The van der Waals surface area contributed by atoms with Crippen LogP contribution in [0.1, 0.15) is 63.4 Å². The minimum Gasteiger partial charge on any atom is -0.361 e. The summed E-state index contributed by atoms with van der Waals surface area (Å²) in [4.78, 5) is 18.3. The van der Waals surface area contributed by atoms with Gasteiger partial charge >= 0.3 is 0 Å². The number of benzene rings is 1. The average molecular weight is 366 g/mol. The van der Waals surface area contributed by atoms with Crippen molar-refractivity contribution < 1.29 is 4.79 Å². The Kier molecular flexibility index (Phi) is 5.63. The summed E-state index contributed by atoms with van der Waals surface area (Å²) < 4.78 is 0. The number of fused-ring (bicyclic) bond motifs is 2. The second-order valence-electron chi connectivity index (χ2n) is 8.04. The third-order valence-corrected chi connectivity index (χ3v) is 6.21. The van der Waals surface area contributed by atoms with Gasteiger partial charge in [-0.2, -0.15) is 0 Å². The fourth-order valence-electron chi connectivity index (χ4n) is 4.80. The van der Waals surface area contributed by atoms with E-state index in [9.17, 15) is 4.79 Å². The number of hydrogen-bond acceptors (Lipinski definition) is 2. The van der Waals surface area contributed by atoms with Crippen molar-refractivity contribution in [2.75, 3.05) is 18.4 Å². The van der Waals surface area contributed by atoms with Crippen LogP contribution in [0.5, 0.6) is 0 Å². The molecule has 0 bridgehead atoms. The summed E-state index contributed by atoms with van der Waals surface area (Å²) in [5.74, 6) is 0.670. The average Bonchev–Trinajstić information content (AvgIpc) is 3.11. The summed E-state index contributed by atoms with van der Waals surface area (Å²) in [6, 6.07) is 6.99. The fraction of sp³-hybridized carbons (Fsp3) is 0.522. The lowest BCUT2D eigenvalue weighted by molar-refractivity contribution is -0.115. The molecule has 2 aliphatic heterocycles. The third kappa shape index (κ3) is 4.11. The van der Waals surface area contributed by atoms with E-state index in [4.69, 9.17) is 0 Å². The van der Waals surface area contributed by atoms with E-state index in [0.717, 1.165) is 18.2 Å². The molecule has 2 saturated heterocycles. The van der Waals surface area contributed by atoms with Crippen LogP contribution in [0.3, 0.4) is 0 Å². The van der Waals surface area contributed by atoms with Gasteiger partial charge in [0.1, 0.15) is 0 Å². The Morgan fingerprint density at radius 3 is 3.07 bits per heavy atom. The Hall–Kier alpha value is -2.07. The second-order valence-corrected chi connectivity index (χ2v) is 8.04. The number of piperidine rings is 2. The van der Waals surface area contributed by atoms with Crippen LogP contribution in [0, 0.1) is 0 Å². The molecule has 27 heavy (non-hydrogen) atoms. The molecule has 1 aromatic carbocycles. The highest BCUT2D eigenvalue weighted by Gasteiger charge is 2.31. The van der Waals surface area contributed by atoms with E-state index in [-0.39, 0.29) is 5.91 Å². The van der Waals surface area contributed by atoms with Gasteiger partial charge in [-0.05, 0) is 74.9 Å². The Balaban J connectivity index is 1.50. The summed E-state index contributed by atoms with van der Waals surface area (Å²) in [6.45, 7) is 4.59. The molecule has 4 rings (SSSR count). The molecule has 2 fully saturated rings. The Morgan fingerprint density at radius 2 is 2.19 bits per heavy atom. The standard InChI is InChI=1S/C23H31N3O/c1-2-3-4-8-23(27)25-18-9-10-22-20(15-18)21(16-24-22)17-11-13-26-12-6-5-7-19(26)14-17/h3-4,9-10,15-17,19,24H,2,5-8,11-14H2,1H3,(H,25,27)/b4-3+. The molecule has 2 atom stereocenters. The summed E-state index contributed by atoms with van der Waals surface area (Å²) in [5, 5.41) is 4.32.